The van der Waals surface area contributed by atoms with Crippen molar-refractivity contribution >= 4 is 11.3 Å². The molecule has 1 N–H and O–H groups in total. The van der Waals surface area contributed by atoms with Gasteiger partial charge >= 0.3 is 0 Å². The molecule has 0 aromatic carbocycles. The Morgan fingerprint density at radius 1 is 1.40 bits per heavy atom. The maximum absolute atomic E-state index is 4.84. The first-order valence-corrected chi connectivity index (χ1v) is 8.10. The molecule has 2 rings (SSSR count). The van der Waals surface area contributed by atoms with E-state index in [0.29, 0.717) is 5.92 Å². The van der Waals surface area contributed by atoms with Crippen LogP contribution in [0.3, 0.4) is 0 Å². The minimum absolute atomic E-state index is 0.628. The van der Waals surface area contributed by atoms with Crippen LogP contribution >= 0.6 is 11.3 Å². The number of hydrogen-bond acceptors (Lipinski definition) is 4. The zero-order valence-electron chi connectivity index (χ0n) is 12.8. The van der Waals surface area contributed by atoms with Crippen LogP contribution < -0.4 is 5.32 Å². The fourth-order valence-corrected chi connectivity index (χ4v) is 3.13. The SMILES string of the molecule is CCCNCc1sc(-c2cnn(C)c2)nc1CC(C)C. The zero-order chi connectivity index (χ0) is 14.5. The number of hydrogen-bond donors (Lipinski definition) is 1. The average molecular weight is 292 g/mol. The molecule has 0 aliphatic heterocycles. The van der Waals surface area contributed by atoms with E-state index in [-0.39, 0.29) is 0 Å². The Morgan fingerprint density at radius 2 is 2.20 bits per heavy atom. The van der Waals surface area contributed by atoms with E-state index in [1.807, 2.05) is 24.1 Å². The van der Waals surface area contributed by atoms with Gasteiger partial charge in [0.05, 0.1) is 11.9 Å². The summed E-state index contributed by atoms with van der Waals surface area (Å²) < 4.78 is 1.83. The fourth-order valence-electron chi connectivity index (χ4n) is 2.10. The van der Waals surface area contributed by atoms with E-state index >= 15 is 0 Å². The second kappa shape index (κ2) is 6.99. The van der Waals surface area contributed by atoms with Gasteiger partial charge in [0.1, 0.15) is 5.01 Å². The van der Waals surface area contributed by atoms with Crippen molar-refractivity contribution < 1.29 is 0 Å². The summed E-state index contributed by atoms with van der Waals surface area (Å²) in [6.07, 6.45) is 6.12. The average Bonchev–Trinajstić information content (AvgIpc) is 2.96. The third-order valence-corrected chi connectivity index (χ3v) is 4.19. The zero-order valence-corrected chi connectivity index (χ0v) is 13.6. The highest BCUT2D eigenvalue weighted by Crippen LogP contribution is 2.29. The molecule has 0 spiro atoms. The van der Waals surface area contributed by atoms with Crippen LogP contribution in [0.2, 0.25) is 0 Å². The van der Waals surface area contributed by atoms with Crippen molar-refractivity contribution in [2.75, 3.05) is 6.54 Å². The predicted molar refractivity (Wildman–Crippen MR) is 84.9 cm³/mol. The molecule has 0 amide bonds. The number of rotatable bonds is 7. The van der Waals surface area contributed by atoms with Gasteiger partial charge in [-0.2, -0.15) is 5.10 Å². The van der Waals surface area contributed by atoms with Gasteiger partial charge in [0.15, 0.2) is 0 Å². The molecule has 0 radical (unpaired) electrons. The van der Waals surface area contributed by atoms with Gasteiger partial charge in [0.25, 0.3) is 0 Å². The number of nitrogens with one attached hydrogen (secondary N) is 1. The van der Waals surface area contributed by atoms with Crippen LogP contribution in [-0.2, 0) is 20.0 Å². The number of nitrogens with zero attached hydrogens (tertiary/aromatic N) is 3. The van der Waals surface area contributed by atoms with Crippen molar-refractivity contribution in [3.05, 3.63) is 23.0 Å². The molecule has 0 saturated heterocycles. The van der Waals surface area contributed by atoms with Crippen LogP contribution in [-0.4, -0.2) is 21.3 Å². The normalized spacial score (nSPS) is 11.4. The summed E-state index contributed by atoms with van der Waals surface area (Å²) in [5.74, 6) is 0.628. The molecule has 20 heavy (non-hydrogen) atoms. The molecule has 2 aromatic heterocycles. The molecule has 5 heteroatoms. The molecule has 0 atom stereocenters. The topological polar surface area (TPSA) is 42.7 Å². The van der Waals surface area contributed by atoms with Crippen LogP contribution in [0.1, 0.15) is 37.8 Å². The van der Waals surface area contributed by atoms with E-state index in [2.05, 4.69) is 31.2 Å². The number of aromatic nitrogens is 3. The predicted octanol–water partition coefficient (Wildman–Crippen LogP) is 3.24. The standard InChI is InChI=1S/C15H24N4S/c1-5-6-16-9-14-13(7-11(2)3)18-15(20-14)12-8-17-19(4)10-12/h8,10-11,16H,5-7,9H2,1-4H3. The molecule has 0 fully saturated rings. The smallest absolute Gasteiger partial charge is 0.127 e. The van der Waals surface area contributed by atoms with E-state index in [9.17, 15) is 0 Å². The first kappa shape index (κ1) is 15.2. The lowest BCUT2D eigenvalue weighted by Crippen LogP contribution is -2.14. The minimum atomic E-state index is 0.628. The Kier molecular flexibility index (Phi) is 5.31. The first-order chi connectivity index (χ1) is 9.60. The van der Waals surface area contributed by atoms with E-state index in [1.54, 1.807) is 11.3 Å². The van der Waals surface area contributed by atoms with Crippen LogP contribution in [0, 0.1) is 5.92 Å². The highest BCUT2D eigenvalue weighted by Gasteiger charge is 2.14. The number of aryl methyl sites for hydroxylation is 1. The van der Waals surface area contributed by atoms with Gasteiger partial charge in [0.2, 0.25) is 0 Å². The second-order valence-corrected chi connectivity index (χ2v) is 6.65. The third-order valence-electron chi connectivity index (χ3n) is 3.04. The molecule has 0 aliphatic rings. The highest BCUT2D eigenvalue weighted by atomic mass is 32.1. The van der Waals surface area contributed by atoms with Crippen LogP contribution in [0.15, 0.2) is 12.4 Å². The quantitative estimate of drug-likeness (QED) is 0.797. The van der Waals surface area contributed by atoms with Gasteiger partial charge in [-0.3, -0.25) is 4.68 Å². The summed E-state index contributed by atoms with van der Waals surface area (Å²) in [7, 11) is 1.94. The Hall–Kier alpha value is -1.20. The summed E-state index contributed by atoms with van der Waals surface area (Å²) in [5, 5.41) is 8.81. The molecular formula is C15H24N4S. The molecule has 0 saturated carbocycles. The fraction of sp³-hybridized carbons (Fsp3) is 0.600. The molecule has 0 unspecified atom stereocenters. The van der Waals surface area contributed by atoms with Gasteiger partial charge < -0.3 is 5.32 Å². The van der Waals surface area contributed by atoms with Crippen molar-refractivity contribution in [3.63, 3.8) is 0 Å². The lowest BCUT2D eigenvalue weighted by molar-refractivity contribution is 0.623. The van der Waals surface area contributed by atoms with Crippen molar-refractivity contribution in [1.82, 2.24) is 20.1 Å². The molecule has 2 aromatic rings. The van der Waals surface area contributed by atoms with Gasteiger partial charge in [-0.25, -0.2) is 4.98 Å². The van der Waals surface area contributed by atoms with Gasteiger partial charge in [0, 0.05) is 30.2 Å². The molecule has 0 bridgehead atoms. The van der Waals surface area contributed by atoms with Crippen LogP contribution in [0.25, 0.3) is 10.6 Å². The lowest BCUT2D eigenvalue weighted by atomic mass is 10.1. The first-order valence-electron chi connectivity index (χ1n) is 7.28. The van der Waals surface area contributed by atoms with Crippen molar-refractivity contribution in [2.24, 2.45) is 13.0 Å². The summed E-state index contributed by atoms with van der Waals surface area (Å²) >= 11 is 1.79. The van der Waals surface area contributed by atoms with E-state index in [0.717, 1.165) is 36.5 Å². The van der Waals surface area contributed by atoms with Gasteiger partial charge in [-0.1, -0.05) is 20.8 Å². The second-order valence-electron chi connectivity index (χ2n) is 5.57. The summed E-state index contributed by atoms with van der Waals surface area (Å²) in [5.41, 5.74) is 2.36. The van der Waals surface area contributed by atoms with E-state index < -0.39 is 0 Å². The maximum Gasteiger partial charge on any atom is 0.127 e. The third kappa shape index (κ3) is 3.90. The Labute approximate surface area is 125 Å². The minimum Gasteiger partial charge on any atom is -0.312 e. The Bertz CT molecular complexity index is 542. The van der Waals surface area contributed by atoms with Crippen LogP contribution in [0.4, 0.5) is 0 Å². The monoisotopic (exact) mass is 292 g/mol. The highest BCUT2D eigenvalue weighted by molar-refractivity contribution is 7.15. The number of thiazole rings is 1. The van der Waals surface area contributed by atoms with Crippen molar-refractivity contribution in [2.45, 2.75) is 40.2 Å². The summed E-state index contributed by atoms with van der Waals surface area (Å²) in [4.78, 5) is 6.20. The van der Waals surface area contributed by atoms with E-state index in [1.165, 1.54) is 10.6 Å². The molecule has 0 aliphatic carbocycles. The largest absolute Gasteiger partial charge is 0.312 e. The van der Waals surface area contributed by atoms with Crippen LogP contribution in [0.5, 0.6) is 0 Å². The molecule has 110 valence electrons. The Morgan fingerprint density at radius 3 is 2.80 bits per heavy atom. The van der Waals surface area contributed by atoms with Gasteiger partial charge in [-0.05, 0) is 25.3 Å². The van der Waals surface area contributed by atoms with Crippen molar-refractivity contribution in [3.8, 4) is 10.6 Å². The van der Waals surface area contributed by atoms with Crippen molar-refractivity contribution in [1.29, 1.82) is 0 Å². The summed E-state index contributed by atoms with van der Waals surface area (Å²) in [6.45, 7) is 8.66. The molecule has 4 nitrogen and oxygen atoms in total. The van der Waals surface area contributed by atoms with E-state index in [4.69, 9.17) is 4.98 Å². The maximum atomic E-state index is 4.84. The lowest BCUT2D eigenvalue weighted by Gasteiger charge is -2.05. The summed E-state index contributed by atoms with van der Waals surface area (Å²) in [6, 6.07) is 0. The molecule has 2 heterocycles. The van der Waals surface area contributed by atoms with Gasteiger partial charge in [-0.15, -0.1) is 11.3 Å². The molecular weight excluding hydrogens is 268 g/mol. The Balaban J connectivity index is 2.21.